The summed E-state index contributed by atoms with van der Waals surface area (Å²) in [6.45, 7) is 12.0. The van der Waals surface area contributed by atoms with Crippen molar-refractivity contribution in [2.75, 3.05) is 27.2 Å². The van der Waals surface area contributed by atoms with Crippen LogP contribution in [0.5, 0.6) is 0 Å². The van der Waals surface area contributed by atoms with E-state index in [2.05, 4.69) is 41.8 Å². The van der Waals surface area contributed by atoms with Crippen molar-refractivity contribution in [3.63, 3.8) is 0 Å². The molecular weight excluding hydrogens is 266 g/mol. The first kappa shape index (κ1) is 22.5. The van der Waals surface area contributed by atoms with Crippen LogP contribution in [0.3, 0.4) is 0 Å². The molecule has 0 aliphatic rings. The van der Waals surface area contributed by atoms with Crippen LogP contribution in [0.25, 0.3) is 0 Å². The third-order valence-corrected chi connectivity index (χ3v) is 4.09. The van der Waals surface area contributed by atoms with Gasteiger partial charge < -0.3 is 16.9 Å². The van der Waals surface area contributed by atoms with Gasteiger partial charge in [0.05, 0.1) is 27.2 Å². The molecule has 0 spiro atoms. The average molecular weight is 306 g/mol. The molecule has 0 aliphatic heterocycles. The maximum Gasteiger partial charge on any atom is 0.0782 e. The second kappa shape index (κ2) is 13.0. The Morgan fingerprint density at radius 2 is 0.950 bits per heavy atom. The normalized spacial score (nSPS) is 12.0. The minimum atomic E-state index is 0. The number of rotatable bonds is 12. The van der Waals surface area contributed by atoms with Crippen LogP contribution in [-0.2, 0) is 0 Å². The summed E-state index contributed by atoms with van der Waals surface area (Å²) in [5, 5.41) is 0. The molecule has 1 nitrogen and oxygen atoms in total. The van der Waals surface area contributed by atoms with Crippen molar-refractivity contribution in [3.8, 4) is 0 Å². The Hall–Kier alpha value is 0.250. The summed E-state index contributed by atoms with van der Waals surface area (Å²) < 4.78 is 1.23. The Labute approximate surface area is 135 Å². The lowest BCUT2D eigenvalue weighted by Crippen LogP contribution is -3.00. The van der Waals surface area contributed by atoms with Crippen LogP contribution in [0, 0.1) is 11.8 Å². The first-order valence-electron chi connectivity index (χ1n) is 8.65. The zero-order valence-corrected chi connectivity index (χ0v) is 15.8. The first-order chi connectivity index (χ1) is 8.83. The molecule has 20 heavy (non-hydrogen) atoms. The quantitative estimate of drug-likeness (QED) is 0.384. The highest BCUT2D eigenvalue weighted by molar-refractivity contribution is 4.49. The van der Waals surface area contributed by atoms with Crippen molar-refractivity contribution in [1.29, 1.82) is 0 Å². The van der Waals surface area contributed by atoms with E-state index in [1.807, 2.05) is 0 Å². The van der Waals surface area contributed by atoms with Crippen LogP contribution in [-0.4, -0.2) is 31.7 Å². The molecule has 0 saturated carbocycles. The fourth-order valence-corrected chi connectivity index (χ4v) is 2.65. The van der Waals surface area contributed by atoms with Crippen LogP contribution >= 0.6 is 0 Å². The molecule has 0 rings (SSSR count). The molecule has 0 fully saturated rings. The van der Waals surface area contributed by atoms with E-state index in [-0.39, 0.29) is 12.4 Å². The number of hydrogen-bond donors (Lipinski definition) is 0. The number of halogens is 1. The molecule has 0 aromatic heterocycles. The van der Waals surface area contributed by atoms with Gasteiger partial charge in [-0.15, -0.1) is 0 Å². The number of quaternary nitrogens is 1. The third-order valence-electron chi connectivity index (χ3n) is 4.09. The summed E-state index contributed by atoms with van der Waals surface area (Å²) >= 11 is 0. The van der Waals surface area contributed by atoms with Crippen molar-refractivity contribution in [2.24, 2.45) is 11.8 Å². The summed E-state index contributed by atoms with van der Waals surface area (Å²) in [7, 11) is 4.82. The van der Waals surface area contributed by atoms with Gasteiger partial charge in [0.15, 0.2) is 0 Å². The Kier molecular flexibility index (Phi) is 14.6. The van der Waals surface area contributed by atoms with Gasteiger partial charge >= 0.3 is 0 Å². The van der Waals surface area contributed by atoms with Crippen LogP contribution in [0.15, 0.2) is 0 Å². The predicted molar refractivity (Wildman–Crippen MR) is 88.5 cm³/mol. The smallest absolute Gasteiger partial charge is 0.0782 e. The highest BCUT2D eigenvalue weighted by Crippen LogP contribution is 2.13. The van der Waals surface area contributed by atoms with Crippen molar-refractivity contribution in [3.05, 3.63) is 0 Å². The van der Waals surface area contributed by atoms with E-state index in [1.165, 1.54) is 68.9 Å². The van der Waals surface area contributed by atoms with Crippen molar-refractivity contribution in [1.82, 2.24) is 0 Å². The highest BCUT2D eigenvalue weighted by Gasteiger charge is 2.13. The standard InChI is InChI=1S/C18H40N.ClH/c1-17(2)13-9-7-11-15-19(5,6)16-12-8-10-14-18(3)4;/h17-18H,7-16H2,1-6H3;1H/q+1;/p-1. The zero-order valence-electron chi connectivity index (χ0n) is 15.1. The summed E-state index contributed by atoms with van der Waals surface area (Å²) in [5.74, 6) is 1.76. The van der Waals surface area contributed by atoms with Gasteiger partial charge in [0.2, 0.25) is 0 Å². The van der Waals surface area contributed by atoms with E-state index < -0.39 is 0 Å². The zero-order chi connectivity index (χ0) is 14.7. The summed E-state index contributed by atoms with van der Waals surface area (Å²) in [6, 6.07) is 0. The van der Waals surface area contributed by atoms with Crippen molar-refractivity contribution >= 4 is 0 Å². The Bertz CT molecular complexity index is 180. The lowest BCUT2D eigenvalue weighted by molar-refractivity contribution is -0.890. The molecule has 2 heteroatoms. The molecule has 0 saturated heterocycles. The van der Waals surface area contributed by atoms with Gasteiger partial charge in [0.1, 0.15) is 0 Å². The lowest BCUT2D eigenvalue weighted by Gasteiger charge is -2.30. The minimum Gasteiger partial charge on any atom is -1.00 e. The average Bonchev–Trinajstić information content (AvgIpc) is 2.27. The van der Waals surface area contributed by atoms with E-state index in [9.17, 15) is 0 Å². The van der Waals surface area contributed by atoms with E-state index >= 15 is 0 Å². The topological polar surface area (TPSA) is 0 Å². The van der Waals surface area contributed by atoms with Gasteiger partial charge in [-0.3, -0.25) is 0 Å². The maximum absolute atomic E-state index is 2.41. The molecular formula is C18H40ClN. The maximum atomic E-state index is 2.41. The van der Waals surface area contributed by atoms with Crippen LogP contribution in [0.4, 0.5) is 0 Å². The van der Waals surface area contributed by atoms with Crippen molar-refractivity contribution < 1.29 is 16.9 Å². The van der Waals surface area contributed by atoms with E-state index in [0.29, 0.717) is 0 Å². The van der Waals surface area contributed by atoms with Gasteiger partial charge in [-0.05, 0) is 37.5 Å². The van der Waals surface area contributed by atoms with Crippen LogP contribution in [0.1, 0.15) is 79.1 Å². The fourth-order valence-electron chi connectivity index (χ4n) is 2.65. The van der Waals surface area contributed by atoms with E-state index in [4.69, 9.17) is 0 Å². The second-order valence-corrected chi connectivity index (χ2v) is 7.87. The molecule has 0 heterocycles. The molecule has 0 aliphatic carbocycles. The molecule has 0 aromatic rings. The Balaban J connectivity index is 0. The molecule has 124 valence electrons. The van der Waals surface area contributed by atoms with Crippen molar-refractivity contribution in [2.45, 2.75) is 79.1 Å². The fraction of sp³-hybridized carbons (Fsp3) is 1.00. The van der Waals surface area contributed by atoms with Gasteiger partial charge in [-0.25, -0.2) is 0 Å². The SMILES string of the molecule is CC(C)CCCCC[N+](C)(C)CCCCCC(C)C.[Cl-]. The molecule has 0 radical (unpaired) electrons. The van der Waals surface area contributed by atoms with Crippen LogP contribution in [0.2, 0.25) is 0 Å². The number of nitrogens with zero attached hydrogens (tertiary/aromatic N) is 1. The van der Waals surface area contributed by atoms with E-state index in [1.54, 1.807) is 0 Å². The molecule has 0 N–H and O–H groups in total. The monoisotopic (exact) mass is 305 g/mol. The molecule has 0 bridgehead atoms. The Morgan fingerprint density at radius 1 is 0.600 bits per heavy atom. The predicted octanol–water partition coefficient (Wildman–Crippen LogP) is 2.50. The number of hydrogen-bond acceptors (Lipinski definition) is 0. The summed E-state index contributed by atoms with van der Waals surface area (Å²) in [4.78, 5) is 0. The van der Waals surface area contributed by atoms with Gasteiger partial charge in [-0.2, -0.15) is 0 Å². The van der Waals surface area contributed by atoms with Gasteiger partial charge in [0, 0.05) is 0 Å². The largest absolute Gasteiger partial charge is 1.00 e. The summed E-state index contributed by atoms with van der Waals surface area (Å²) in [6.07, 6.45) is 11.3. The van der Waals surface area contributed by atoms with Crippen LogP contribution < -0.4 is 12.4 Å². The summed E-state index contributed by atoms with van der Waals surface area (Å²) in [5.41, 5.74) is 0. The highest BCUT2D eigenvalue weighted by atomic mass is 35.5. The molecule has 0 atom stereocenters. The molecule has 0 amide bonds. The molecule has 0 unspecified atom stereocenters. The Morgan fingerprint density at radius 3 is 1.25 bits per heavy atom. The molecule has 0 aromatic carbocycles. The minimum absolute atomic E-state index is 0. The van der Waals surface area contributed by atoms with Gasteiger partial charge in [-0.1, -0.05) is 53.4 Å². The van der Waals surface area contributed by atoms with Gasteiger partial charge in [0.25, 0.3) is 0 Å². The first-order valence-corrected chi connectivity index (χ1v) is 8.65. The van der Waals surface area contributed by atoms with E-state index in [0.717, 1.165) is 11.8 Å². The lowest BCUT2D eigenvalue weighted by atomic mass is 10.0. The second-order valence-electron chi connectivity index (χ2n) is 7.87. The third kappa shape index (κ3) is 16.3. The number of unbranched alkanes of at least 4 members (excludes halogenated alkanes) is 4.